The summed E-state index contributed by atoms with van der Waals surface area (Å²) in [5.74, 6) is 0.511. The van der Waals surface area contributed by atoms with Gasteiger partial charge >= 0.3 is 11.8 Å². The normalized spacial score (nSPS) is 31.1. The van der Waals surface area contributed by atoms with Crippen molar-refractivity contribution < 1.29 is 18.6 Å². The Morgan fingerprint density at radius 1 is 1.04 bits per heavy atom. The van der Waals surface area contributed by atoms with Gasteiger partial charge in [-0.3, -0.25) is 0 Å². The second-order valence-electron chi connectivity index (χ2n) is 8.15. The molecule has 24 heavy (non-hydrogen) atoms. The molecule has 4 nitrogen and oxygen atoms in total. The van der Waals surface area contributed by atoms with E-state index in [0.717, 1.165) is 18.5 Å². The number of amides is 2. The zero-order valence-corrected chi connectivity index (χ0v) is 16.0. The summed E-state index contributed by atoms with van der Waals surface area (Å²) in [4.78, 5) is 27.1. The molecule has 0 radical (unpaired) electrons. The Labute approximate surface area is 146 Å². The lowest BCUT2D eigenvalue weighted by Gasteiger charge is -2.49. The fraction of sp³-hybridized carbons (Fsp3) is 0.600. The molecule has 0 N–H and O–H groups in total. The van der Waals surface area contributed by atoms with E-state index < -0.39 is 5.41 Å². The fourth-order valence-electron chi connectivity index (χ4n) is 4.41. The van der Waals surface area contributed by atoms with E-state index in [1.165, 1.54) is 0 Å². The van der Waals surface area contributed by atoms with Crippen molar-refractivity contribution in [3.63, 3.8) is 0 Å². The molecule has 132 valence electrons. The zero-order valence-electron chi connectivity index (χ0n) is 16.0. The average Bonchev–Trinajstić information content (AvgIpc) is 2.55. The summed E-state index contributed by atoms with van der Waals surface area (Å²) in [6, 6.07) is 9.62. The second kappa shape index (κ2) is 6.41. The van der Waals surface area contributed by atoms with Crippen molar-refractivity contribution in [3.05, 3.63) is 35.9 Å². The van der Waals surface area contributed by atoms with Crippen molar-refractivity contribution in [1.29, 1.82) is 0 Å². The summed E-state index contributed by atoms with van der Waals surface area (Å²) in [6.07, 6.45) is 1.54. The molecule has 1 fully saturated rings. The van der Waals surface area contributed by atoms with Crippen LogP contribution >= 0.6 is 0 Å². The van der Waals surface area contributed by atoms with Crippen molar-refractivity contribution >= 4 is 11.8 Å². The third kappa shape index (κ3) is 2.82. The topological polar surface area (TPSA) is 34.1 Å². The van der Waals surface area contributed by atoms with Crippen molar-refractivity contribution in [2.75, 3.05) is 34.4 Å². The minimum atomic E-state index is -1.05. The van der Waals surface area contributed by atoms with Gasteiger partial charge in [0.05, 0.1) is 27.7 Å². The lowest BCUT2D eigenvalue weighted by atomic mass is 9.73. The Morgan fingerprint density at radius 3 is 2.12 bits per heavy atom. The van der Waals surface area contributed by atoms with E-state index in [1.54, 1.807) is 0 Å². The second-order valence-corrected chi connectivity index (χ2v) is 8.15. The molecule has 1 aromatic carbocycles. The molecule has 4 heteroatoms. The number of likely N-dealkylation sites (N-methyl/N-ethyl adjacent to an activating group) is 2. The highest BCUT2D eigenvalue weighted by atomic mass is 16.2. The number of hydrogen-bond acceptors (Lipinski definition) is 2. The summed E-state index contributed by atoms with van der Waals surface area (Å²) >= 11 is 0. The first-order chi connectivity index (χ1) is 11.1. The van der Waals surface area contributed by atoms with Crippen LogP contribution in [0.15, 0.2) is 30.3 Å². The number of quaternary nitrogens is 2. The molecule has 0 spiro atoms. The molecule has 3 atom stereocenters. The minimum Gasteiger partial charge on any atom is -0.229 e. The van der Waals surface area contributed by atoms with Crippen molar-refractivity contribution in [2.24, 2.45) is 5.92 Å². The molecule has 0 bridgehead atoms. The van der Waals surface area contributed by atoms with Crippen LogP contribution in [-0.4, -0.2) is 55.1 Å². The molecule has 1 aliphatic rings. The Balaban J connectivity index is 2.63. The average molecular weight is 332 g/mol. The lowest BCUT2D eigenvalue weighted by Crippen LogP contribution is -2.76. The number of carbonyl (C=O) groups is 2. The van der Waals surface area contributed by atoms with Crippen molar-refractivity contribution in [3.8, 4) is 0 Å². The van der Waals surface area contributed by atoms with Gasteiger partial charge in [-0.1, -0.05) is 51.1 Å². The number of rotatable bonds is 5. The predicted octanol–water partition coefficient (Wildman–Crippen LogP) is 2.93. The number of benzene rings is 1. The van der Waals surface area contributed by atoms with Gasteiger partial charge in [-0.25, -0.2) is 18.6 Å². The maximum Gasteiger partial charge on any atom is 0.342 e. The maximum absolute atomic E-state index is 13.7. The van der Waals surface area contributed by atoms with Gasteiger partial charge in [0.2, 0.25) is 12.1 Å². The van der Waals surface area contributed by atoms with Gasteiger partial charge in [-0.2, -0.15) is 0 Å². The Bertz CT molecular complexity index is 626. The minimum absolute atomic E-state index is 0.0148. The highest BCUT2D eigenvalue weighted by Gasteiger charge is 2.66. The highest BCUT2D eigenvalue weighted by Crippen LogP contribution is 2.40. The summed E-state index contributed by atoms with van der Waals surface area (Å²) in [5.41, 5.74) is -0.215. The lowest BCUT2D eigenvalue weighted by molar-refractivity contribution is -1.02. The van der Waals surface area contributed by atoms with Gasteiger partial charge in [0.1, 0.15) is 0 Å². The third-order valence-electron chi connectivity index (χ3n) is 5.64. The van der Waals surface area contributed by atoms with Crippen LogP contribution in [0, 0.1) is 5.92 Å². The van der Waals surface area contributed by atoms with Gasteiger partial charge < -0.3 is 0 Å². The smallest absolute Gasteiger partial charge is 0.229 e. The van der Waals surface area contributed by atoms with E-state index in [9.17, 15) is 9.59 Å². The molecule has 1 saturated heterocycles. The molecule has 1 aromatic rings. The molecule has 1 aliphatic heterocycles. The van der Waals surface area contributed by atoms with Crippen LogP contribution < -0.4 is 0 Å². The summed E-state index contributed by atoms with van der Waals surface area (Å²) in [7, 11) is 5.89. The molecular formula is C20H32N2O2+2. The molecule has 2 rings (SSSR count). The zero-order chi connectivity index (χ0) is 18.2. The SMILES string of the molecule is CCC(C)C[N+]1(C)C[N+](C)(C)C(=O)C(CC)(c2ccccc2)C1=O. The third-order valence-corrected chi connectivity index (χ3v) is 5.64. The van der Waals surface area contributed by atoms with Crippen LogP contribution in [0.3, 0.4) is 0 Å². The van der Waals surface area contributed by atoms with Gasteiger partial charge in [0.15, 0.2) is 0 Å². The van der Waals surface area contributed by atoms with E-state index >= 15 is 0 Å². The van der Waals surface area contributed by atoms with E-state index in [-0.39, 0.29) is 16.3 Å². The molecule has 1 heterocycles. The first-order valence-electron chi connectivity index (χ1n) is 8.97. The molecular weight excluding hydrogens is 300 g/mol. The van der Waals surface area contributed by atoms with Crippen LogP contribution in [-0.2, 0) is 15.0 Å². The first-order valence-corrected chi connectivity index (χ1v) is 8.97. The summed E-state index contributed by atoms with van der Waals surface area (Å²) < 4.78 is 0.553. The van der Waals surface area contributed by atoms with Crippen molar-refractivity contribution in [2.45, 2.75) is 39.0 Å². The molecule has 0 saturated carbocycles. The van der Waals surface area contributed by atoms with Crippen LogP contribution in [0.5, 0.6) is 0 Å². The standard InChI is InChI=1S/C20H32N2O2/c1-7-16(3)14-22(6)15-21(4,5)18(23)20(8-2,19(22)24)17-12-10-9-11-13-17/h9-13,16H,7-8,14-15H2,1-6H3/q+2. The van der Waals surface area contributed by atoms with Gasteiger partial charge in [-0.15, -0.1) is 0 Å². The largest absolute Gasteiger partial charge is 0.342 e. The Morgan fingerprint density at radius 2 is 1.62 bits per heavy atom. The fourth-order valence-corrected chi connectivity index (χ4v) is 4.41. The Kier molecular flexibility index (Phi) is 5.03. The summed E-state index contributed by atoms with van der Waals surface area (Å²) in [6.45, 7) is 7.60. The van der Waals surface area contributed by atoms with Crippen LogP contribution in [0.4, 0.5) is 0 Å². The van der Waals surface area contributed by atoms with Gasteiger partial charge in [0, 0.05) is 5.92 Å². The highest BCUT2D eigenvalue weighted by molar-refractivity contribution is 6.06. The van der Waals surface area contributed by atoms with Gasteiger partial charge in [-0.05, 0) is 18.4 Å². The predicted molar refractivity (Wildman–Crippen MR) is 95.9 cm³/mol. The molecule has 2 amide bonds. The summed E-state index contributed by atoms with van der Waals surface area (Å²) in [5, 5.41) is 0. The van der Waals surface area contributed by atoms with Gasteiger partial charge in [0.25, 0.3) is 0 Å². The quantitative estimate of drug-likeness (QED) is 0.614. The number of nitrogens with zero attached hydrogens (tertiary/aromatic N) is 2. The van der Waals surface area contributed by atoms with E-state index in [4.69, 9.17) is 0 Å². The van der Waals surface area contributed by atoms with E-state index in [2.05, 4.69) is 13.8 Å². The molecule has 0 aromatic heterocycles. The number of hydrogen-bond donors (Lipinski definition) is 0. The van der Waals surface area contributed by atoms with Crippen LogP contribution in [0.1, 0.15) is 39.2 Å². The number of carbonyl (C=O) groups excluding carboxylic acids is 2. The first kappa shape index (κ1) is 18.8. The van der Waals surface area contributed by atoms with E-state index in [1.807, 2.05) is 58.4 Å². The van der Waals surface area contributed by atoms with Crippen LogP contribution in [0.2, 0.25) is 0 Å². The molecule has 0 aliphatic carbocycles. The van der Waals surface area contributed by atoms with E-state index in [0.29, 0.717) is 23.5 Å². The van der Waals surface area contributed by atoms with Crippen LogP contribution in [0.25, 0.3) is 0 Å². The maximum atomic E-state index is 13.7. The Hall–Kier alpha value is -1.52. The monoisotopic (exact) mass is 332 g/mol. The van der Waals surface area contributed by atoms with Crippen molar-refractivity contribution in [1.82, 2.24) is 0 Å². The molecule has 3 unspecified atom stereocenters.